The molecule has 2 aromatic heterocycles. The van der Waals surface area contributed by atoms with Gasteiger partial charge >= 0.3 is 6.71 Å². The second-order valence-corrected chi connectivity index (χ2v) is 21.1. The highest BCUT2D eigenvalue weighted by Gasteiger charge is 2.50. The molecule has 11 rings (SSSR count). The number of fused-ring (bicyclic) bond motifs is 8. The molecule has 9 aromatic rings. The number of furan rings is 2. The second kappa shape index (κ2) is 15.3. The van der Waals surface area contributed by atoms with Crippen LogP contribution in [0.2, 0.25) is 0 Å². The van der Waals surface area contributed by atoms with Crippen molar-refractivity contribution >= 4 is 96.6 Å². The van der Waals surface area contributed by atoms with E-state index in [0.717, 1.165) is 9.80 Å². The number of anilines is 9. The van der Waals surface area contributed by atoms with Crippen molar-refractivity contribution in [1.82, 2.24) is 0 Å². The summed E-state index contributed by atoms with van der Waals surface area (Å²) in [6.07, 6.45) is 0. The maximum absolute atomic E-state index is 11.1. The van der Waals surface area contributed by atoms with Crippen molar-refractivity contribution in [1.29, 1.82) is 0 Å². The highest BCUT2D eigenvalue weighted by Crippen LogP contribution is 2.52. The summed E-state index contributed by atoms with van der Waals surface area (Å²) in [4.78, 5) is 2.46. The molecule has 0 fully saturated rings. The van der Waals surface area contributed by atoms with Crippen LogP contribution in [0, 0.1) is 0 Å². The highest BCUT2D eigenvalue weighted by atomic mass is 16.3. The number of nitrogens with zero attached hydrogens (tertiary/aromatic N) is 3. The summed E-state index contributed by atoms with van der Waals surface area (Å²) in [5.41, 5.74) is -14.0. The van der Waals surface area contributed by atoms with Gasteiger partial charge in [0.2, 0.25) is 0 Å². The SMILES string of the molecule is [2H]c1c([2H])c([2H])c(N(c2c([2H])c([2H])c([2H])c([2H])c2[2H])c2c([2H])c3c4c(c2[2H])N(c2c([2H])c([2H])c(C(C)(C)C)c([2H])c2[2H])c2c(oc5c([2H])c([2H])c(C(C)(C)C)c([2H])c25)B4c2oc4c([2H])c([2H])c(C(C)(C)C)c([2H])c4c2N3c2c([2H])c([2H])c(C(C)(C)C)c([2H])c2[2H])c([2H])c1[2H]. The Balaban J connectivity index is 1.56. The molecule has 0 bridgehead atoms. The Morgan fingerprint density at radius 1 is 0.412 bits per heavy atom. The zero-order valence-electron chi connectivity index (χ0n) is 65.7. The van der Waals surface area contributed by atoms with E-state index in [-0.39, 0.29) is 33.0 Å². The summed E-state index contributed by atoms with van der Waals surface area (Å²) in [6, 6.07) is -21.9. The maximum Gasteiger partial charge on any atom is 0.342 e. The predicted octanol–water partition coefficient (Wildman–Crippen LogP) is 15.9. The quantitative estimate of drug-likeness (QED) is 0.161. The van der Waals surface area contributed by atoms with E-state index < -0.39 is 265 Å². The fourth-order valence-corrected chi connectivity index (χ4v) is 8.35. The van der Waals surface area contributed by atoms with Gasteiger partial charge in [0.25, 0.3) is 0 Å². The van der Waals surface area contributed by atoms with Crippen LogP contribution >= 0.6 is 0 Å². The predicted molar refractivity (Wildman–Crippen MR) is 289 cm³/mol. The lowest BCUT2D eigenvalue weighted by molar-refractivity contribution is 0.590. The Hall–Kier alpha value is -6.92. The molecule has 68 heavy (non-hydrogen) atoms. The topological polar surface area (TPSA) is 36.0 Å². The molecule has 0 N–H and O–H groups in total. The van der Waals surface area contributed by atoms with E-state index in [9.17, 15) is 27.4 Å². The van der Waals surface area contributed by atoms with E-state index >= 15 is 0 Å². The van der Waals surface area contributed by atoms with E-state index in [0.29, 0.717) is 4.90 Å². The lowest BCUT2D eigenvalue weighted by atomic mass is 9.37. The standard InChI is InChI=1S/C62H62BN3O2/c1-59(2,3)39-23-29-45(30-24-39)65-50-37-47(64(43-19-15-13-16-20-43)44-21-17-14-18-22-44)38-51-54(50)63(57-55(65)48-35-41(61(7,8)9)27-33-52(48)67-57)58-56(49-36-42(62(10,11)12)28-34-53(49)68-58)66(51)46-31-25-40(26-32-46)60(4,5)6/h13-38H,1-12H3/i13D,14D,15D,16D,17D,18D,19D,20D,21D,22D,23D,24D,25D,26D,27D,28D,29D,30D,31D,32D,33D,34D,35D,36D,37D,38D. The third-order valence-corrected chi connectivity index (χ3v) is 11.9. The van der Waals surface area contributed by atoms with Gasteiger partial charge in [0, 0.05) is 44.9 Å². The van der Waals surface area contributed by atoms with Crippen LogP contribution in [0.1, 0.15) is 141 Å². The lowest BCUT2D eigenvalue weighted by Gasteiger charge is -2.42. The van der Waals surface area contributed by atoms with Crippen LogP contribution in [0.15, 0.2) is 166 Å². The molecule has 2 aliphatic rings. The number of hydrogen-bond acceptors (Lipinski definition) is 5. The van der Waals surface area contributed by atoms with Crippen LogP contribution in [-0.2, 0) is 21.7 Å². The minimum absolute atomic E-state index is 0.0545. The van der Waals surface area contributed by atoms with Crippen LogP contribution in [0.25, 0.3) is 21.9 Å². The first-order chi connectivity index (χ1) is 43.1. The average molecular weight is 918 g/mol. The van der Waals surface area contributed by atoms with Gasteiger partial charge in [-0.25, -0.2) is 0 Å². The van der Waals surface area contributed by atoms with Crippen molar-refractivity contribution < 1.29 is 44.5 Å². The van der Waals surface area contributed by atoms with Gasteiger partial charge in [-0.3, -0.25) is 0 Å². The molecule has 340 valence electrons. The first-order valence-electron chi connectivity index (χ1n) is 35.2. The van der Waals surface area contributed by atoms with Gasteiger partial charge in [0.05, 0.1) is 52.7 Å². The second-order valence-electron chi connectivity index (χ2n) is 21.1. The van der Waals surface area contributed by atoms with Crippen LogP contribution in [0.4, 0.5) is 51.2 Å². The van der Waals surface area contributed by atoms with E-state index in [2.05, 4.69) is 0 Å². The Morgan fingerprint density at radius 2 is 0.765 bits per heavy atom. The monoisotopic (exact) mass is 918 g/mol. The molecule has 0 atom stereocenters. The lowest BCUT2D eigenvalue weighted by Crippen LogP contribution is -2.60. The molecule has 6 heteroatoms. The fourth-order valence-electron chi connectivity index (χ4n) is 8.35. The molecule has 2 aliphatic heterocycles. The zero-order chi connectivity index (χ0) is 70.3. The van der Waals surface area contributed by atoms with Gasteiger partial charge in [-0.05, 0) is 134 Å². The summed E-state index contributed by atoms with van der Waals surface area (Å²) >= 11 is 0. The summed E-state index contributed by atoms with van der Waals surface area (Å²) in [5, 5.41) is -0.700. The molecule has 7 aromatic carbocycles. The zero-order valence-corrected chi connectivity index (χ0v) is 39.7. The van der Waals surface area contributed by atoms with Crippen molar-refractivity contribution in [3.05, 3.63) is 179 Å². The number of para-hydroxylation sites is 2. The molecule has 4 heterocycles. The molecule has 0 saturated heterocycles. The van der Waals surface area contributed by atoms with Gasteiger partial charge < -0.3 is 23.5 Å². The van der Waals surface area contributed by atoms with Gasteiger partial charge in [-0.15, -0.1) is 0 Å². The van der Waals surface area contributed by atoms with Gasteiger partial charge in [-0.2, -0.15) is 0 Å². The third kappa shape index (κ3) is 7.14. The minimum Gasteiger partial charge on any atom is -0.468 e. The van der Waals surface area contributed by atoms with Crippen LogP contribution in [0.3, 0.4) is 0 Å². The van der Waals surface area contributed by atoms with Gasteiger partial charge in [-0.1, -0.05) is 156 Å². The molecule has 5 nitrogen and oxygen atoms in total. The van der Waals surface area contributed by atoms with E-state index in [1.165, 1.54) is 0 Å². The average Bonchev–Trinajstić information content (AvgIpc) is 1.33. The Bertz CT molecular complexity index is 4540. The first kappa shape index (κ1) is 23.4. The fraction of sp³-hybridized carbons (Fsp3) is 0.258. The van der Waals surface area contributed by atoms with Crippen LogP contribution in [0.5, 0.6) is 0 Å². The summed E-state index contributed by atoms with van der Waals surface area (Å²) in [7, 11) is 0. The van der Waals surface area contributed by atoms with Crippen molar-refractivity contribution in [2.45, 2.75) is 105 Å². The molecular formula is C62H62BN3O2. The molecule has 0 spiro atoms. The van der Waals surface area contributed by atoms with Gasteiger partial charge in [0.1, 0.15) is 22.5 Å². The Labute approximate surface area is 439 Å². The normalized spacial score (nSPS) is 19.1. The summed E-state index contributed by atoms with van der Waals surface area (Å²) < 4.78 is 266. The van der Waals surface area contributed by atoms with Crippen LogP contribution in [-0.4, -0.2) is 6.71 Å². The van der Waals surface area contributed by atoms with Gasteiger partial charge in [0.15, 0.2) is 0 Å². The third-order valence-electron chi connectivity index (χ3n) is 11.9. The van der Waals surface area contributed by atoms with Crippen molar-refractivity contribution in [3.63, 3.8) is 0 Å². The highest BCUT2D eigenvalue weighted by molar-refractivity contribution is 6.99. The largest absolute Gasteiger partial charge is 0.468 e. The van der Waals surface area contributed by atoms with E-state index in [1.807, 2.05) is 0 Å². The van der Waals surface area contributed by atoms with Crippen molar-refractivity contribution in [3.8, 4) is 0 Å². The minimum atomic E-state index is -1.90. The van der Waals surface area contributed by atoms with E-state index in [1.54, 1.807) is 83.1 Å². The van der Waals surface area contributed by atoms with Crippen molar-refractivity contribution in [2.75, 3.05) is 14.7 Å². The first-order valence-corrected chi connectivity index (χ1v) is 22.2. The Kier molecular flexibility index (Phi) is 5.26. The molecule has 0 aliphatic carbocycles. The van der Waals surface area contributed by atoms with Crippen LogP contribution < -0.4 is 31.5 Å². The summed E-state index contributed by atoms with van der Waals surface area (Å²) in [6.45, 7) is 17.9. The Morgan fingerprint density at radius 3 is 1.12 bits per heavy atom. The number of benzene rings is 7. The summed E-state index contributed by atoms with van der Waals surface area (Å²) in [5.74, 6) is 0. The van der Waals surface area contributed by atoms with Crippen molar-refractivity contribution in [2.24, 2.45) is 0 Å². The number of rotatable bonds is 5. The molecule has 0 saturated carbocycles. The molecule has 0 unspecified atom stereocenters. The van der Waals surface area contributed by atoms with E-state index in [4.69, 9.17) is 17.1 Å². The number of hydrogen-bond donors (Lipinski definition) is 0. The molecule has 0 amide bonds. The molecular weight excluding hydrogens is 830 g/mol. The maximum atomic E-state index is 11.1. The molecule has 0 radical (unpaired) electrons. The smallest absolute Gasteiger partial charge is 0.342 e.